The van der Waals surface area contributed by atoms with Crippen molar-refractivity contribution in [3.8, 4) is 0 Å². The first-order chi connectivity index (χ1) is 10.8. The second-order valence-corrected chi connectivity index (χ2v) is 6.88. The highest BCUT2D eigenvalue weighted by Crippen LogP contribution is 2.48. The van der Waals surface area contributed by atoms with E-state index < -0.39 is 0 Å². The average molecular weight is 313 g/mol. The number of nitrogens with zero attached hydrogens (tertiary/aromatic N) is 1. The minimum absolute atomic E-state index is 0.121. The molecule has 114 valence electrons. The summed E-state index contributed by atoms with van der Waals surface area (Å²) in [5.41, 5.74) is 2.72. The molecule has 1 aliphatic carbocycles. The Bertz CT molecular complexity index is 651. The molecule has 1 saturated heterocycles. The zero-order chi connectivity index (χ0) is 15.0. The lowest BCUT2D eigenvalue weighted by Crippen LogP contribution is -2.40. The molecule has 22 heavy (non-hydrogen) atoms. The predicted molar refractivity (Wildman–Crippen MR) is 92.6 cm³/mol. The van der Waals surface area contributed by atoms with E-state index in [1.807, 2.05) is 12.1 Å². The monoisotopic (exact) mass is 312 g/mol. The lowest BCUT2D eigenvalue weighted by atomic mass is 10.0. The van der Waals surface area contributed by atoms with Gasteiger partial charge in [-0.1, -0.05) is 48.0 Å². The molecule has 3 heteroatoms. The maximum atomic E-state index is 6.41. The topological polar surface area (TPSA) is 15.3 Å². The van der Waals surface area contributed by atoms with E-state index >= 15 is 0 Å². The van der Waals surface area contributed by atoms with E-state index in [9.17, 15) is 0 Å². The maximum absolute atomic E-state index is 6.41. The Morgan fingerprint density at radius 3 is 2.45 bits per heavy atom. The molecule has 4 rings (SSSR count). The lowest BCUT2D eigenvalue weighted by Gasteiger charge is -2.25. The molecule has 2 aromatic rings. The van der Waals surface area contributed by atoms with Crippen molar-refractivity contribution in [1.82, 2.24) is 5.32 Å². The summed E-state index contributed by atoms with van der Waals surface area (Å²) in [5, 5.41) is 4.79. The van der Waals surface area contributed by atoms with Gasteiger partial charge in [0.05, 0.1) is 0 Å². The fourth-order valence-electron chi connectivity index (χ4n) is 3.61. The summed E-state index contributed by atoms with van der Waals surface area (Å²) in [6, 6.07) is 19.5. The summed E-state index contributed by atoms with van der Waals surface area (Å²) < 4.78 is 0. The summed E-state index contributed by atoms with van der Waals surface area (Å²) >= 11 is 6.41. The standard InChI is InChI=1S/C19H21ClN2/c20-18-9-5-4-8-17(18)19(11-12-19)21-15-10-13-22(14-15)16-6-2-1-3-7-16/h1-9,15,21H,10-14H2. The average Bonchev–Trinajstić information content (AvgIpc) is 3.17. The molecule has 1 atom stereocenters. The number of hydrogen-bond donors (Lipinski definition) is 1. The van der Waals surface area contributed by atoms with Gasteiger partial charge in [0.15, 0.2) is 0 Å². The van der Waals surface area contributed by atoms with Crippen LogP contribution < -0.4 is 10.2 Å². The van der Waals surface area contributed by atoms with Crippen molar-refractivity contribution in [3.05, 3.63) is 65.2 Å². The number of para-hydroxylation sites is 1. The van der Waals surface area contributed by atoms with Crippen LogP contribution in [0, 0.1) is 0 Å². The molecule has 0 aromatic heterocycles. The number of anilines is 1. The minimum atomic E-state index is 0.121. The van der Waals surface area contributed by atoms with Crippen LogP contribution >= 0.6 is 11.6 Å². The van der Waals surface area contributed by atoms with Crippen LogP contribution in [0.1, 0.15) is 24.8 Å². The Kier molecular flexibility index (Phi) is 3.59. The zero-order valence-electron chi connectivity index (χ0n) is 12.6. The van der Waals surface area contributed by atoms with E-state index in [-0.39, 0.29) is 5.54 Å². The third-order valence-electron chi connectivity index (χ3n) is 4.93. The first-order valence-electron chi connectivity index (χ1n) is 8.10. The van der Waals surface area contributed by atoms with E-state index in [4.69, 9.17) is 11.6 Å². The molecule has 1 unspecified atom stereocenters. The highest BCUT2D eigenvalue weighted by molar-refractivity contribution is 6.31. The summed E-state index contributed by atoms with van der Waals surface area (Å²) in [6.07, 6.45) is 3.58. The van der Waals surface area contributed by atoms with Crippen molar-refractivity contribution in [3.63, 3.8) is 0 Å². The molecule has 0 bridgehead atoms. The Labute approximate surface area is 137 Å². The Balaban J connectivity index is 1.46. The number of hydrogen-bond acceptors (Lipinski definition) is 2. The van der Waals surface area contributed by atoms with E-state index in [0.717, 1.165) is 18.1 Å². The van der Waals surface area contributed by atoms with Crippen LogP contribution in [0.5, 0.6) is 0 Å². The van der Waals surface area contributed by atoms with E-state index in [1.54, 1.807) is 0 Å². The largest absolute Gasteiger partial charge is 0.370 e. The molecule has 1 aliphatic heterocycles. The van der Waals surface area contributed by atoms with Gasteiger partial charge in [-0.3, -0.25) is 0 Å². The number of halogens is 1. The molecule has 1 heterocycles. The van der Waals surface area contributed by atoms with Gasteiger partial charge in [0.2, 0.25) is 0 Å². The third kappa shape index (κ3) is 2.62. The summed E-state index contributed by atoms with van der Waals surface area (Å²) in [5.74, 6) is 0. The molecule has 0 spiro atoms. The van der Waals surface area contributed by atoms with Crippen LogP contribution in [-0.4, -0.2) is 19.1 Å². The zero-order valence-corrected chi connectivity index (χ0v) is 13.4. The Hall–Kier alpha value is -1.51. The van der Waals surface area contributed by atoms with Crippen molar-refractivity contribution < 1.29 is 0 Å². The van der Waals surface area contributed by atoms with Gasteiger partial charge in [-0.15, -0.1) is 0 Å². The first-order valence-corrected chi connectivity index (χ1v) is 8.47. The smallest absolute Gasteiger partial charge is 0.0456 e. The highest BCUT2D eigenvalue weighted by Gasteiger charge is 2.47. The molecule has 2 aliphatic rings. The molecule has 2 nitrogen and oxygen atoms in total. The van der Waals surface area contributed by atoms with Crippen molar-refractivity contribution in [2.24, 2.45) is 0 Å². The first kappa shape index (κ1) is 14.1. The van der Waals surface area contributed by atoms with Gasteiger partial charge >= 0.3 is 0 Å². The van der Waals surface area contributed by atoms with Crippen LogP contribution in [0.2, 0.25) is 5.02 Å². The van der Waals surface area contributed by atoms with Gasteiger partial charge in [0.1, 0.15) is 0 Å². The Morgan fingerprint density at radius 2 is 1.73 bits per heavy atom. The molecule has 2 aromatic carbocycles. The van der Waals surface area contributed by atoms with E-state index in [1.165, 1.54) is 30.5 Å². The highest BCUT2D eigenvalue weighted by atomic mass is 35.5. The quantitative estimate of drug-likeness (QED) is 0.910. The van der Waals surface area contributed by atoms with Gasteiger partial charge in [-0.25, -0.2) is 0 Å². The maximum Gasteiger partial charge on any atom is 0.0456 e. The Morgan fingerprint density at radius 1 is 1.00 bits per heavy atom. The second kappa shape index (κ2) is 5.60. The number of rotatable bonds is 4. The molecule has 2 fully saturated rings. The van der Waals surface area contributed by atoms with Crippen LogP contribution in [0.25, 0.3) is 0 Å². The van der Waals surface area contributed by atoms with Gasteiger partial charge in [-0.2, -0.15) is 0 Å². The molecular formula is C19H21ClN2. The molecule has 0 amide bonds. The van der Waals surface area contributed by atoms with Crippen LogP contribution in [-0.2, 0) is 5.54 Å². The SMILES string of the molecule is Clc1ccccc1C1(NC2CCN(c3ccccc3)C2)CC1. The third-order valence-corrected chi connectivity index (χ3v) is 5.26. The van der Waals surface area contributed by atoms with Gasteiger partial charge in [0, 0.05) is 35.4 Å². The summed E-state index contributed by atoms with van der Waals surface area (Å²) in [7, 11) is 0. The van der Waals surface area contributed by atoms with Crippen molar-refractivity contribution in [2.45, 2.75) is 30.8 Å². The van der Waals surface area contributed by atoms with Gasteiger partial charge in [-0.05, 0) is 43.0 Å². The second-order valence-electron chi connectivity index (χ2n) is 6.47. The van der Waals surface area contributed by atoms with E-state index in [0.29, 0.717) is 6.04 Å². The van der Waals surface area contributed by atoms with Crippen LogP contribution in [0.3, 0.4) is 0 Å². The normalized spacial score (nSPS) is 22.8. The fraction of sp³-hybridized carbons (Fsp3) is 0.368. The summed E-state index contributed by atoms with van der Waals surface area (Å²) in [4.78, 5) is 2.47. The van der Waals surface area contributed by atoms with Crippen molar-refractivity contribution in [1.29, 1.82) is 0 Å². The van der Waals surface area contributed by atoms with Crippen molar-refractivity contribution in [2.75, 3.05) is 18.0 Å². The molecule has 1 N–H and O–H groups in total. The van der Waals surface area contributed by atoms with Crippen LogP contribution in [0.4, 0.5) is 5.69 Å². The minimum Gasteiger partial charge on any atom is -0.370 e. The lowest BCUT2D eigenvalue weighted by molar-refractivity contribution is 0.441. The van der Waals surface area contributed by atoms with Crippen molar-refractivity contribution >= 4 is 17.3 Å². The van der Waals surface area contributed by atoms with Gasteiger partial charge in [0.25, 0.3) is 0 Å². The molecule has 0 radical (unpaired) electrons. The van der Waals surface area contributed by atoms with E-state index in [2.05, 4.69) is 52.7 Å². The number of benzene rings is 2. The number of nitrogens with one attached hydrogen (secondary N) is 1. The fourth-order valence-corrected chi connectivity index (χ4v) is 3.92. The van der Waals surface area contributed by atoms with Crippen LogP contribution in [0.15, 0.2) is 54.6 Å². The molecule has 1 saturated carbocycles. The van der Waals surface area contributed by atoms with Gasteiger partial charge < -0.3 is 10.2 Å². The molecular weight excluding hydrogens is 292 g/mol. The summed E-state index contributed by atoms with van der Waals surface area (Å²) in [6.45, 7) is 2.20. The predicted octanol–water partition coefficient (Wildman–Crippen LogP) is 4.20.